The molecule has 0 heterocycles. The van der Waals surface area contributed by atoms with Crippen LogP contribution in [0.5, 0.6) is 0 Å². The molecule has 3 nitrogen and oxygen atoms in total. The van der Waals surface area contributed by atoms with Crippen LogP contribution in [0, 0.1) is 5.41 Å². The van der Waals surface area contributed by atoms with E-state index in [-0.39, 0.29) is 17.4 Å². The maximum Gasteiger partial charge on any atom is 0.222 e. The van der Waals surface area contributed by atoms with Crippen molar-refractivity contribution in [3.05, 3.63) is 0 Å². The molecule has 0 bridgehead atoms. The Morgan fingerprint density at radius 2 is 1.71 bits per heavy atom. The second-order valence-electron chi connectivity index (χ2n) is 5.82. The fourth-order valence-corrected chi connectivity index (χ4v) is 0.923. The molecule has 0 aromatic rings. The van der Waals surface area contributed by atoms with Gasteiger partial charge in [0.15, 0.2) is 0 Å². The summed E-state index contributed by atoms with van der Waals surface area (Å²) >= 11 is 0. The van der Waals surface area contributed by atoms with Gasteiger partial charge in [0, 0.05) is 18.0 Å². The zero-order valence-electron chi connectivity index (χ0n) is 10.3. The monoisotopic (exact) mass is 200 g/mol. The lowest BCUT2D eigenvalue weighted by molar-refractivity contribution is -0.123. The van der Waals surface area contributed by atoms with Gasteiger partial charge in [0.25, 0.3) is 0 Å². The smallest absolute Gasteiger partial charge is 0.222 e. The fraction of sp³-hybridized carbons (Fsp3) is 0.909. The Kier molecular flexibility index (Phi) is 4.13. The molecule has 14 heavy (non-hydrogen) atoms. The van der Waals surface area contributed by atoms with Gasteiger partial charge in [0.05, 0.1) is 0 Å². The molecule has 1 unspecified atom stereocenters. The van der Waals surface area contributed by atoms with Crippen molar-refractivity contribution in [2.75, 3.05) is 0 Å². The van der Waals surface area contributed by atoms with Crippen molar-refractivity contribution in [1.82, 2.24) is 5.32 Å². The van der Waals surface area contributed by atoms with E-state index in [9.17, 15) is 4.79 Å². The molecule has 0 spiro atoms. The van der Waals surface area contributed by atoms with Crippen LogP contribution in [0.4, 0.5) is 0 Å². The Balaban J connectivity index is 4.09. The normalized spacial score (nSPS) is 15.1. The van der Waals surface area contributed by atoms with E-state index in [1.807, 2.05) is 20.8 Å². The van der Waals surface area contributed by atoms with E-state index in [1.165, 1.54) is 0 Å². The van der Waals surface area contributed by atoms with Crippen molar-refractivity contribution in [1.29, 1.82) is 0 Å². The lowest BCUT2D eigenvalue weighted by atomic mass is 9.87. The van der Waals surface area contributed by atoms with Gasteiger partial charge < -0.3 is 11.1 Å². The molecule has 0 aliphatic rings. The molecule has 0 aliphatic heterocycles. The molecule has 1 atom stereocenters. The maximum absolute atomic E-state index is 11.5. The Hall–Kier alpha value is -0.570. The van der Waals surface area contributed by atoms with Crippen LogP contribution in [-0.4, -0.2) is 17.5 Å². The summed E-state index contributed by atoms with van der Waals surface area (Å²) in [6.07, 6.45) is 0.368. The van der Waals surface area contributed by atoms with E-state index >= 15 is 0 Å². The molecule has 0 radical (unpaired) electrons. The number of nitrogens with one attached hydrogen (secondary N) is 1. The number of carbonyl (C=O) groups excluding carboxylic acids is 1. The van der Waals surface area contributed by atoms with Crippen molar-refractivity contribution in [2.45, 2.75) is 59.5 Å². The number of carbonyl (C=O) groups is 1. The topological polar surface area (TPSA) is 55.1 Å². The number of hydrogen-bond acceptors (Lipinski definition) is 2. The van der Waals surface area contributed by atoms with Crippen LogP contribution in [0.3, 0.4) is 0 Å². The first-order valence-corrected chi connectivity index (χ1v) is 5.10. The van der Waals surface area contributed by atoms with Crippen molar-refractivity contribution in [2.24, 2.45) is 11.1 Å². The molecular weight excluding hydrogens is 176 g/mol. The predicted octanol–water partition coefficient (Wildman–Crippen LogP) is 1.66. The highest BCUT2D eigenvalue weighted by molar-refractivity contribution is 5.77. The van der Waals surface area contributed by atoms with E-state index in [2.05, 4.69) is 26.1 Å². The summed E-state index contributed by atoms with van der Waals surface area (Å²) in [5, 5.41) is 2.96. The molecule has 0 fully saturated rings. The minimum absolute atomic E-state index is 0.0277. The molecule has 84 valence electrons. The van der Waals surface area contributed by atoms with Gasteiger partial charge in [-0.3, -0.25) is 4.79 Å². The summed E-state index contributed by atoms with van der Waals surface area (Å²) in [4.78, 5) is 11.5. The van der Waals surface area contributed by atoms with E-state index < -0.39 is 5.54 Å². The van der Waals surface area contributed by atoms with Crippen LogP contribution >= 0.6 is 0 Å². The Labute approximate surface area is 87.4 Å². The van der Waals surface area contributed by atoms with Crippen LogP contribution < -0.4 is 11.1 Å². The molecule has 0 saturated carbocycles. The first-order chi connectivity index (χ1) is 6.02. The summed E-state index contributed by atoms with van der Waals surface area (Å²) in [6, 6.07) is 0.164. The highest BCUT2D eigenvalue weighted by Crippen LogP contribution is 2.18. The summed E-state index contributed by atoms with van der Waals surface area (Å²) in [5.41, 5.74) is 5.42. The summed E-state index contributed by atoms with van der Waals surface area (Å²) < 4.78 is 0. The molecule has 3 heteroatoms. The third-order valence-corrected chi connectivity index (χ3v) is 2.29. The number of hydrogen-bond donors (Lipinski definition) is 2. The molecule has 0 saturated heterocycles. The van der Waals surface area contributed by atoms with Crippen LogP contribution in [0.25, 0.3) is 0 Å². The molecule has 0 rings (SSSR count). The average molecular weight is 200 g/mol. The third kappa shape index (κ3) is 5.97. The Morgan fingerprint density at radius 3 is 2.00 bits per heavy atom. The standard InChI is InChI=1S/C11H24N2O/c1-8(10(2,3)4)13-9(14)7-11(5,6)12/h8H,7,12H2,1-6H3,(H,13,14). The van der Waals surface area contributed by atoms with Crippen LogP contribution in [0.15, 0.2) is 0 Å². The lowest BCUT2D eigenvalue weighted by Crippen LogP contribution is -2.45. The van der Waals surface area contributed by atoms with Gasteiger partial charge in [-0.05, 0) is 26.2 Å². The summed E-state index contributed by atoms with van der Waals surface area (Å²) in [5.74, 6) is 0.0277. The first kappa shape index (κ1) is 13.4. The second kappa shape index (κ2) is 4.30. The largest absolute Gasteiger partial charge is 0.353 e. The van der Waals surface area contributed by atoms with E-state index in [1.54, 1.807) is 0 Å². The van der Waals surface area contributed by atoms with Gasteiger partial charge in [-0.2, -0.15) is 0 Å². The predicted molar refractivity (Wildman–Crippen MR) is 59.9 cm³/mol. The highest BCUT2D eigenvalue weighted by atomic mass is 16.1. The van der Waals surface area contributed by atoms with Crippen molar-refractivity contribution in [3.8, 4) is 0 Å². The Bertz CT molecular complexity index is 198. The van der Waals surface area contributed by atoms with Gasteiger partial charge in [0.1, 0.15) is 0 Å². The molecule has 0 aromatic heterocycles. The highest BCUT2D eigenvalue weighted by Gasteiger charge is 2.23. The van der Waals surface area contributed by atoms with Gasteiger partial charge in [-0.1, -0.05) is 20.8 Å². The van der Waals surface area contributed by atoms with Crippen molar-refractivity contribution in [3.63, 3.8) is 0 Å². The average Bonchev–Trinajstić information content (AvgIpc) is 1.79. The second-order valence-corrected chi connectivity index (χ2v) is 5.82. The lowest BCUT2D eigenvalue weighted by Gasteiger charge is -2.29. The molecule has 0 aromatic carbocycles. The SMILES string of the molecule is CC(NC(=O)CC(C)(C)N)C(C)(C)C. The zero-order chi connectivity index (χ0) is 11.6. The van der Waals surface area contributed by atoms with Crippen LogP contribution in [-0.2, 0) is 4.79 Å². The first-order valence-electron chi connectivity index (χ1n) is 5.10. The fourth-order valence-electron chi connectivity index (χ4n) is 0.923. The minimum atomic E-state index is -0.429. The number of rotatable bonds is 3. The minimum Gasteiger partial charge on any atom is -0.353 e. The maximum atomic E-state index is 11.5. The molecule has 0 aliphatic carbocycles. The molecule has 3 N–H and O–H groups in total. The molecule has 1 amide bonds. The van der Waals surface area contributed by atoms with Gasteiger partial charge in [0.2, 0.25) is 5.91 Å². The van der Waals surface area contributed by atoms with E-state index in [4.69, 9.17) is 5.73 Å². The van der Waals surface area contributed by atoms with Gasteiger partial charge >= 0.3 is 0 Å². The number of amides is 1. The van der Waals surface area contributed by atoms with Gasteiger partial charge in [-0.15, -0.1) is 0 Å². The van der Waals surface area contributed by atoms with Gasteiger partial charge in [-0.25, -0.2) is 0 Å². The Morgan fingerprint density at radius 1 is 1.29 bits per heavy atom. The van der Waals surface area contributed by atoms with Crippen LogP contribution in [0.2, 0.25) is 0 Å². The summed E-state index contributed by atoms with van der Waals surface area (Å²) in [7, 11) is 0. The van der Waals surface area contributed by atoms with Crippen molar-refractivity contribution >= 4 is 5.91 Å². The van der Waals surface area contributed by atoms with E-state index in [0.29, 0.717) is 6.42 Å². The quantitative estimate of drug-likeness (QED) is 0.728. The van der Waals surface area contributed by atoms with Crippen LogP contribution in [0.1, 0.15) is 48.0 Å². The molecular formula is C11H24N2O. The number of nitrogens with two attached hydrogens (primary N) is 1. The zero-order valence-corrected chi connectivity index (χ0v) is 10.3. The van der Waals surface area contributed by atoms with E-state index in [0.717, 1.165) is 0 Å². The third-order valence-electron chi connectivity index (χ3n) is 2.29. The summed E-state index contributed by atoms with van der Waals surface area (Å²) in [6.45, 7) is 12.0. The van der Waals surface area contributed by atoms with Crippen molar-refractivity contribution < 1.29 is 4.79 Å².